The molecule has 1 aromatic carbocycles. The maximum atomic E-state index is 11.7. The number of carboxylic acid groups (broad SMARTS) is 1. The van der Waals surface area contributed by atoms with Crippen molar-refractivity contribution in [2.24, 2.45) is 5.14 Å². The predicted molar refractivity (Wildman–Crippen MR) is 76.3 cm³/mol. The number of carboxylic acids is 1. The number of hydrogen-bond donors (Lipinski definition) is 3. The van der Waals surface area contributed by atoms with E-state index in [1.54, 1.807) is 13.0 Å². The first-order valence-electron chi connectivity index (χ1n) is 5.93. The van der Waals surface area contributed by atoms with Crippen molar-refractivity contribution in [3.8, 4) is 0 Å². The standard InChI is InChI=1S/C12H17N3O5S/c1-8-3-4-9(5-10(8)21(13,19)20)14-11(16)6-15(2)7-12(17)18/h3-5H,6-7H2,1-2H3,(H,14,16)(H,17,18)(H2,13,19,20). The molecule has 0 unspecified atom stereocenters. The van der Waals surface area contributed by atoms with Gasteiger partial charge in [0, 0.05) is 5.69 Å². The molecule has 1 rings (SSSR count). The number of rotatable bonds is 6. The molecular formula is C12H17N3O5S. The molecule has 9 heteroatoms. The zero-order valence-corrected chi connectivity index (χ0v) is 12.5. The fraction of sp³-hybridized carbons (Fsp3) is 0.333. The number of nitrogens with one attached hydrogen (secondary N) is 1. The number of carbonyl (C=O) groups excluding carboxylic acids is 1. The first-order valence-corrected chi connectivity index (χ1v) is 7.48. The highest BCUT2D eigenvalue weighted by Crippen LogP contribution is 2.18. The van der Waals surface area contributed by atoms with E-state index in [9.17, 15) is 18.0 Å². The second kappa shape index (κ2) is 6.66. The fourth-order valence-corrected chi connectivity index (χ4v) is 2.52. The van der Waals surface area contributed by atoms with Crippen LogP contribution >= 0.6 is 0 Å². The van der Waals surface area contributed by atoms with Crippen LogP contribution in [0.1, 0.15) is 5.56 Å². The van der Waals surface area contributed by atoms with Gasteiger partial charge < -0.3 is 10.4 Å². The smallest absolute Gasteiger partial charge is 0.317 e. The van der Waals surface area contributed by atoms with Crippen LogP contribution < -0.4 is 10.5 Å². The van der Waals surface area contributed by atoms with Crippen LogP contribution in [0.15, 0.2) is 23.1 Å². The quantitative estimate of drug-likeness (QED) is 0.654. The van der Waals surface area contributed by atoms with E-state index in [1.165, 1.54) is 24.1 Å². The van der Waals surface area contributed by atoms with Crippen LogP contribution in [-0.4, -0.2) is 50.4 Å². The molecule has 1 amide bonds. The zero-order chi connectivity index (χ0) is 16.2. The molecular weight excluding hydrogens is 298 g/mol. The number of primary sulfonamides is 1. The number of nitrogens with zero attached hydrogens (tertiary/aromatic N) is 1. The van der Waals surface area contributed by atoms with Crippen LogP contribution in [0.25, 0.3) is 0 Å². The molecule has 0 saturated heterocycles. The van der Waals surface area contributed by atoms with Crippen LogP contribution in [0.2, 0.25) is 0 Å². The van der Waals surface area contributed by atoms with Crippen molar-refractivity contribution in [3.63, 3.8) is 0 Å². The first kappa shape index (κ1) is 17.1. The Labute approximate surface area is 122 Å². The van der Waals surface area contributed by atoms with Gasteiger partial charge in [0.1, 0.15) is 0 Å². The summed E-state index contributed by atoms with van der Waals surface area (Å²) >= 11 is 0. The second-order valence-corrected chi connectivity index (χ2v) is 6.17. The number of nitrogens with two attached hydrogens (primary N) is 1. The molecule has 0 aliphatic heterocycles. The zero-order valence-electron chi connectivity index (χ0n) is 11.7. The molecule has 116 valence electrons. The van der Waals surface area contributed by atoms with Gasteiger partial charge in [0.25, 0.3) is 0 Å². The minimum absolute atomic E-state index is 0.0702. The average Bonchev–Trinajstić information content (AvgIpc) is 2.28. The summed E-state index contributed by atoms with van der Waals surface area (Å²) in [5.74, 6) is -1.50. The van der Waals surface area contributed by atoms with Gasteiger partial charge in [-0.2, -0.15) is 0 Å². The molecule has 0 atom stereocenters. The molecule has 0 aromatic heterocycles. The SMILES string of the molecule is Cc1ccc(NC(=O)CN(C)CC(=O)O)cc1S(N)(=O)=O. The summed E-state index contributed by atoms with van der Waals surface area (Å²) in [7, 11) is -2.39. The Hall–Kier alpha value is -1.97. The normalized spacial score (nSPS) is 11.4. The summed E-state index contributed by atoms with van der Waals surface area (Å²) in [5, 5.41) is 16.2. The first-order chi connectivity index (χ1) is 9.59. The van der Waals surface area contributed by atoms with E-state index in [0.717, 1.165) is 0 Å². The van der Waals surface area contributed by atoms with E-state index in [4.69, 9.17) is 10.2 Å². The molecule has 0 heterocycles. The van der Waals surface area contributed by atoms with Gasteiger partial charge in [0.2, 0.25) is 15.9 Å². The van der Waals surface area contributed by atoms with E-state index >= 15 is 0 Å². The summed E-state index contributed by atoms with van der Waals surface area (Å²) < 4.78 is 22.8. The van der Waals surface area contributed by atoms with E-state index < -0.39 is 21.9 Å². The molecule has 0 fully saturated rings. The molecule has 21 heavy (non-hydrogen) atoms. The maximum absolute atomic E-state index is 11.7. The van der Waals surface area contributed by atoms with Gasteiger partial charge in [-0.3, -0.25) is 14.5 Å². The third-order valence-corrected chi connectivity index (χ3v) is 3.65. The number of benzene rings is 1. The molecule has 0 bridgehead atoms. The van der Waals surface area contributed by atoms with E-state index in [0.29, 0.717) is 5.56 Å². The minimum Gasteiger partial charge on any atom is -0.480 e. The van der Waals surface area contributed by atoms with Crippen LogP contribution in [0.4, 0.5) is 5.69 Å². The van der Waals surface area contributed by atoms with Crippen molar-refractivity contribution >= 4 is 27.6 Å². The third kappa shape index (κ3) is 5.50. The molecule has 0 aliphatic rings. The Morgan fingerprint density at radius 1 is 1.33 bits per heavy atom. The highest BCUT2D eigenvalue weighted by molar-refractivity contribution is 7.89. The van der Waals surface area contributed by atoms with Crippen molar-refractivity contribution in [2.45, 2.75) is 11.8 Å². The molecule has 0 spiro atoms. The van der Waals surface area contributed by atoms with Crippen molar-refractivity contribution in [1.29, 1.82) is 0 Å². The summed E-state index contributed by atoms with van der Waals surface area (Å²) in [6, 6.07) is 4.33. The lowest BCUT2D eigenvalue weighted by Gasteiger charge is -2.14. The molecule has 8 nitrogen and oxygen atoms in total. The van der Waals surface area contributed by atoms with Gasteiger partial charge in [-0.15, -0.1) is 0 Å². The van der Waals surface area contributed by atoms with Crippen LogP contribution in [0.3, 0.4) is 0 Å². The minimum atomic E-state index is -3.87. The lowest BCUT2D eigenvalue weighted by Crippen LogP contribution is -2.33. The number of carbonyl (C=O) groups is 2. The summed E-state index contributed by atoms with van der Waals surface area (Å²) in [6.45, 7) is 1.18. The highest BCUT2D eigenvalue weighted by Gasteiger charge is 2.14. The summed E-state index contributed by atoms with van der Waals surface area (Å²) in [4.78, 5) is 23.5. The number of amides is 1. The monoisotopic (exact) mass is 315 g/mol. The molecule has 0 radical (unpaired) electrons. The van der Waals surface area contributed by atoms with Crippen molar-refractivity contribution in [3.05, 3.63) is 23.8 Å². The maximum Gasteiger partial charge on any atom is 0.317 e. The Bertz CT molecular complexity index is 657. The number of aryl methyl sites for hydroxylation is 1. The largest absolute Gasteiger partial charge is 0.480 e. The topological polar surface area (TPSA) is 130 Å². The number of anilines is 1. The van der Waals surface area contributed by atoms with Crippen LogP contribution in [-0.2, 0) is 19.6 Å². The van der Waals surface area contributed by atoms with E-state index in [1.807, 2.05) is 0 Å². The molecule has 0 saturated carbocycles. The third-order valence-electron chi connectivity index (χ3n) is 2.60. The van der Waals surface area contributed by atoms with E-state index in [2.05, 4.69) is 5.32 Å². The molecule has 4 N–H and O–H groups in total. The van der Waals surface area contributed by atoms with Gasteiger partial charge in [-0.05, 0) is 31.7 Å². The highest BCUT2D eigenvalue weighted by atomic mass is 32.2. The van der Waals surface area contributed by atoms with Gasteiger partial charge >= 0.3 is 5.97 Å². The average molecular weight is 315 g/mol. The molecule has 0 aliphatic carbocycles. The fourth-order valence-electron chi connectivity index (χ4n) is 1.72. The molecule has 1 aromatic rings. The Morgan fingerprint density at radius 3 is 2.48 bits per heavy atom. The van der Waals surface area contributed by atoms with Crippen molar-refractivity contribution in [2.75, 3.05) is 25.5 Å². The number of likely N-dealkylation sites (N-methyl/N-ethyl adjacent to an activating group) is 1. The van der Waals surface area contributed by atoms with Crippen LogP contribution in [0, 0.1) is 6.92 Å². The number of sulfonamides is 1. The van der Waals surface area contributed by atoms with Gasteiger partial charge in [-0.25, -0.2) is 13.6 Å². The van der Waals surface area contributed by atoms with Gasteiger partial charge in [-0.1, -0.05) is 6.07 Å². The lowest BCUT2D eigenvalue weighted by molar-refractivity contribution is -0.138. The van der Waals surface area contributed by atoms with Crippen molar-refractivity contribution < 1.29 is 23.1 Å². The van der Waals surface area contributed by atoms with Crippen LogP contribution in [0.5, 0.6) is 0 Å². The van der Waals surface area contributed by atoms with Crippen molar-refractivity contribution in [1.82, 2.24) is 4.90 Å². The lowest BCUT2D eigenvalue weighted by atomic mass is 10.2. The Kier molecular flexibility index (Phi) is 5.41. The second-order valence-electron chi connectivity index (χ2n) is 4.64. The number of hydrogen-bond acceptors (Lipinski definition) is 5. The summed E-state index contributed by atoms with van der Waals surface area (Å²) in [5.41, 5.74) is 0.747. The Morgan fingerprint density at radius 2 is 1.95 bits per heavy atom. The van der Waals surface area contributed by atoms with E-state index in [-0.39, 0.29) is 23.7 Å². The van der Waals surface area contributed by atoms with Gasteiger partial charge in [0.05, 0.1) is 18.0 Å². The summed E-state index contributed by atoms with van der Waals surface area (Å²) in [6.07, 6.45) is 0. The Balaban J connectivity index is 2.80. The van der Waals surface area contributed by atoms with Gasteiger partial charge in [0.15, 0.2) is 0 Å². The number of aliphatic carboxylic acids is 1. The predicted octanol–water partition coefficient (Wildman–Crippen LogP) is -0.403.